The van der Waals surface area contributed by atoms with Crippen LogP contribution in [0.4, 0.5) is 5.82 Å². The molecule has 2 N–H and O–H groups in total. The molecule has 0 atom stereocenters. The van der Waals surface area contributed by atoms with Gasteiger partial charge in [0, 0.05) is 6.07 Å². The Labute approximate surface area is 133 Å². The molecule has 0 radical (unpaired) electrons. The Morgan fingerprint density at radius 2 is 1.17 bits per heavy atom. The summed E-state index contributed by atoms with van der Waals surface area (Å²) in [6, 6.07) is 15.9. The van der Waals surface area contributed by atoms with Gasteiger partial charge in [0.2, 0.25) is 0 Å². The van der Waals surface area contributed by atoms with Gasteiger partial charge in [0.05, 0.1) is 11.4 Å². The van der Waals surface area contributed by atoms with Crippen LogP contribution in [0.25, 0.3) is 11.4 Å². The molecule has 0 spiro atoms. The fourth-order valence-corrected chi connectivity index (χ4v) is 2.45. The molecule has 23 heavy (non-hydrogen) atoms. The minimum absolute atomic E-state index is 0.118. The van der Waals surface area contributed by atoms with Gasteiger partial charge in [-0.2, -0.15) is 0 Å². The number of hydrogen-bond acceptors (Lipinski definition) is 3. The van der Waals surface area contributed by atoms with E-state index in [1.807, 2.05) is 38.1 Å². The van der Waals surface area contributed by atoms with E-state index in [0.717, 1.165) is 15.7 Å². The van der Waals surface area contributed by atoms with E-state index in [9.17, 15) is 9.59 Å². The first-order chi connectivity index (χ1) is 11.0. The van der Waals surface area contributed by atoms with Gasteiger partial charge in [-0.3, -0.25) is 4.79 Å². The fourth-order valence-electron chi connectivity index (χ4n) is 2.45. The van der Waals surface area contributed by atoms with Crippen molar-refractivity contribution in [2.45, 2.75) is 13.8 Å². The third-order valence-electron chi connectivity index (χ3n) is 3.72. The monoisotopic (exact) mass is 307 g/mol. The Balaban J connectivity index is 2.29. The zero-order valence-electron chi connectivity index (χ0n) is 13.0. The van der Waals surface area contributed by atoms with Gasteiger partial charge in [-0.25, -0.2) is 13.9 Å². The second-order valence-electron chi connectivity index (χ2n) is 5.53. The molecule has 0 saturated carbocycles. The molecule has 5 nitrogen and oxygen atoms in total. The number of rotatable bonds is 2. The maximum absolute atomic E-state index is 12.8. The summed E-state index contributed by atoms with van der Waals surface area (Å²) in [6.07, 6.45) is 0. The fraction of sp³-hybridized carbons (Fsp3) is 0.111. The maximum atomic E-state index is 12.8. The van der Waals surface area contributed by atoms with E-state index in [1.165, 1.54) is 10.6 Å². The normalized spacial score (nSPS) is 10.7. The molecule has 0 amide bonds. The first-order valence-electron chi connectivity index (χ1n) is 7.26. The number of hydrogen-bond donors (Lipinski definition) is 1. The standard InChI is InChI=1S/C18H17N3O2/c1-12-3-7-14(8-4-12)20-16(19)11-17(22)21(18(20)23)15-9-5-13(2)6-10-15/h3-11H,19H2,1-2H3. The highest BCUT2D eigenvalue weighted by molar-refractivity contribution is 5.44. The molecule has 0 fully saturated rings. The number of benzene rings is 2. The van der Waals surface area contributed by atoms with E-state index in [0.29, 0.717) is 11.4 Å². The summed E-state index contributed by atoms with van der Waals surface area (Å²) in [7, 11) is 0. The Hall–Kier alpha value is -3.08. The van der Waals surface area contributed by atoms with Gasteiger partial charge in [-0.1, -0.05) is 35.4 Å². The highest BCUT2D eigenvalue weighted by Crippen LogP contribution is 2.12. The molecule has 0 unspecified atom stereocenters. The lowest BCUT2D eigenvalue weighted by molar-refractivity contribution is 0.810. The van der Waals surface area contributed by atoms with Gasteiger partial charge in [0.25, 0.3) is 5.56 Å². The largest absolute Gasteiger partial charge is 0.385 e. The van der Waals surface area contributed by atoms with Crippen LogP contribution in [0, 0.1) is 13.8 Å². The Morgan fingerprint density at radius 1 is 0.739 bits per heavy atom. The number of aryl methyl sites for hydroxylation is 2. The zero-order valence-corrected chi connectivity index (χ0v) is 13.0. The molecule has 0 aliphatic rings. The Kier molecular flexibility index (Phi) is 3.62. The molecule has 0 bridgehead atoms. The average Bonchev–Trinajstić information content (AvgIpc) is 2.50. The highest BCUT2D eigenvalue weighted by Gasteiger charge is 2.12. The average molecular weight is 307 g/mol. The molecule has 0 aliphatic heterocycles. The van der Waals surface area contributed by atoms with Crippen LogP contribution in [0.1, 0.15) is 11.1 Å². The van der Waals surface area contributed by atoms with E-state index in [1.54, 1.807) is 24.3 Å². The van der Waals surface area contributed by atoms with Crippen molar-refractivity contribution < 1.29 is 0 Å². The molecule has 5 heteroatoms. The molecule has 1 aromatic heterocycles. The van der Waals surface area contributed by atoms with Crippen LogP contribution in [0.15, 0.2) is 64.2 Å². The lowest BCUT2D eigenvalue weighted by atomic mass is 10.2. The number of anilines is 1. The minimum atomic E-state index is -0.484. The first-order valence-corrected chi connectivity index (χ1v) is 7.26. The molecule has 1 heterocycles. The number of nitrogen functional groups attached to an aromatic ring is 1. The van der Waals surface area contributed by atoms with Crippen molar-refractivity contribution in [3.05, 3.63) is 86.6 Å². The van der Waals surface area contributed by atoms with Crippen LogP contribution in [-0.2, 0) is 0 Å². The predicted molar refractivity (Wildman–Crippen MR) is 91.5 cm³/mol. The maximum Gasteiger partial charge on any atom is 0.341 e. The second-order valence-corrected chi connectivity index (χ2v) is 5.53. The van der Waals surface area contributed by atoms with E-state index >= 15 is 0 Å². The molecule has 0 aliphatic carbocycles. The molecular weight excluding hydrogens is 290 g/mol. The van der Waals surface area contributed by atoms with E-state index in [-0.39, 0.29) is 5.82 Å². The topological polar surface area (TPSA) is 70.0 Å². The molecule has 116 valence electrons. The van der Waals surface area contributed by atoms with Gasteiger partial charge in [-0.05, 0) is 38.1 Å². The van der Waals surface area contributed by atoms with Crippen molar-refractivity contribution in [3.8, 4) is 11.4 Å². The molecular formula is C18H17N3O2. The highest BCUT2D eigenvalue weighted by atomic mass is 16.2. The van der Waals surface area contributed by atoms with Gasteiger partial charge >= 0.3 is 5.69 Å². The summed E-state index contributed by atoms with van der Waals surface area (Å²) in [4.78, 5) is 25.1. The van der Waals surface area contributed by atoms with Gasteiger partial charge in [0.15, 0.2) is 0 Å². The zero-order chi connectivity index (χ0) is 16.6. The van der Waals surface area contributed by atoms with Crippen LogP contribution in [-0.4, -0.2) is 9.13 Å². The minimum Gasteiger partial charge on any atom is -0.385 e. The van der Waals surface area contributed by atoms with Crippen molar-refractivity contribution in [2.75, 3.05) is 5.73 Å². The Morgan fingerprint density at radius 3 is 1.65 bits per heavy atom. The second kappa shape index (κ2) is 5.61. The van der Waals surface area contributed by atoms with Crippen LogP contribution < -0.4 is 17.0 Å². The number of aromatic nitrogens is 2. The van der Waals surface area contributed by atoms with Gasteiger partial charge in [-0.15, -0.1) is 0 Å². The number of nitrogens with two attached hydrogens (primary N) is 1. The van der Waals surface area contributed by atoms with Gasteiger partial charge < -0.3 is 5.73 Å². The van der Waals surface area contributed by atoms with Crippen LogP contribution in [0.2, 0.25) is 0 Å². The van der Waals surface area contributed by atoms with Crippen molar-refractivity contribution in [3.63, 3.8) is 0 Å². The molecule has 2 aromatic carbocycles. The molecule has 0 saturated heterocycles. The summed E-state index contributed by atoms with van der Waals surface area (Å²) in [5.74, 6) is 0.118. The lowest BCUT2D eigenvalue weighted by Gasteiger charge is -2.13. The van der Waals surface area contributed by atoms with Crippen molar-refractivity contribution in [1.82, 2.24) is 9.13 Å². The van der Waals surface area contributed by atoms with Crippen molar-refractivity contribution in [2.24, 2.45) is 0 Å². The lowest BCUT2D eigenvalue weighted by Crippen LogP contribution is -2.38. The van der Waals surface area contributed by atoms with Crippen LogP contribution in [0.5, 0.6) is 0 Å². The summed E-state index contributed by atoms with van der Waals surface area (Å²) < 4.78 is 2.45. The van der Waals surface area contributed by atoms with Crippen molar-refractivity contribution >= 4 is 5.82 Å². The third kappa shape index (κ3) is 2.68. The number of nitrogens with zero attached hydrogens (tertiary/aromatic N) is 2. The van der Waals surface area contributed by atoms with Crippen molar-refractivity contribution in [1.29, 1.82) is 0 Å². The van der Waals surface area contributed by atoms with E-state index in [2.05, 4.69) is 0 Å². The molecule has 3 aromatic rings. The summed E-state index contributed by atoms with van der Waals surface area (Å²) >= 11 is 0. The summed E-state index contributed by atoms with van der Waals surface area (Å²) in [5.41, 5.74) is 8.26. The predicted octanol–water partition coefficient (Wildman–Crippen LogP) is 2.19. The summed E-state index contributed by atoms with van der Waals surface area (Å²) in [5, 5.41) is 0. The first kappa shape index (κ1) is 14.8. The quantitative estimate of drug-likeness (QED) is 0.789. The van der Waals surface area contributed by atoms with Crippen LogP contribution >= 0.6 is 0 Å². The third-order valence-corrected chi connectivity index (χ3v) is 3.72. The van der Waals surface area contributed by atoms with E-state index in [4.69, 9.17) is 5.73 Å². The molecule has 3 rings (SSSR count). The van der Waals surface area contributed by atoms with Gasteiger partial charge in [0.1, 0.15) is 5.82 Å². The van der Waals surface area contributed by atoms with Crippen LogP contribution in [0.3, 0.4) is 0 Å². The SMILES string of the molecule is Cc1ccc(-n2c(N)cc(=O)n(-c3ccc(C)cc3)c2=O)cc1. The smallest absolute Gasteiger partial charge is 0.341 e. The Bertz CT molecular complexity index is 965. The van der Waals surface area contributed by atoms with E-state index < -0.39 is 11.2 Å². The summed E-state index contributed by atoms with van der Waals surface area (Å²) in [6.45, 7) is 3.91.